The molecule has 3 rings (SSSR count). The van der Waals surface area contributed by atoms with E-state index in [1.165, 1.54) is 29.5 Å². The summed E-state index contributed by atoms with van der Waals surface area (Å²) in [6.45, 7) is 4.90. The molecule has 124 valence electrons. The second-order valence-electron chi connectivity index (χ2n) is 6.24. The Kier molecular flexibility index (Phi) is 5.38. The SMILES string of the molecule is CC(C)CNC(=O)CSc1nnc(Cc2cccs2)n1C1CC1. The van der Waals surface area contributed by atoms with Crippen LogP contribution in [0.15, 0.2) is 22.7 Å². The number of carbonyl (C=O) groups is 1. The van der Waals surface area contributed by atoms with Gasteiger partial charge in [0.05, 0.1) is 5.75 Å². The molecule has 23 heavy (non-hydrogen) atoms. The Morgan fingerprint density at radius 2 is 2.30 bits per heavy atom. The first-order valence-electron chi connectivity index (χ1n) is 7.99. The molecule has 5 nitrogen and oxygen atoms in total. The van der Waals surface area contributed by atoms with Crippen molar-refractivity contribution in [2.24, 2.45) is 5.92 Å². The third kappa shape index (κ3) is 4.57. The fraction of sp³-hybridized carbons (Fsp3) is 0.562. The number of hydrogen-bond acceptors (Lipinski definition) is 5. The lowest BCUT2D eigenvalue weighted by Crippen LogP contribution is -2.28. The number of thioether (sulfide) groups is 1. The van der Waals surface area contributed by atoms with Gasteiger partial charge < -0.3 is 9.88 Å². The van der Waals surface area contributed by atoms with E-state index >= 15 is 0 Å². The van der Waals surface area contributed by atoms with Crippen LogP contribution in [0.25, 0.3) is 0 Å². The summed E-state index contributed by atoms with van der Waals surface area (Å²) in [7, 11) is 0. The standard InChI is InChI=1S/C16H22N4OS2/c1-11(2)9-17-15(21)10-23-16-19-18-14(20(16)12-5-6-12)8-13-4-3-7-22-13/h3-4,7,11-12H,5-6,8-10H2,1-2H3,(H,17,21). The summed E-state index contributed by atoms with van der Waals surface area (Å²) in [5.74, 6) is 1.95. The fourth-order valence-corrected chi connectivity index (χ4v) is 3.85. The summed E-state index contributed by atoms with van der Waals surface area (Å²) in [5, 5.41) is 14.6. The van der Waals surface area contributed by atoms with E-state index in [0.29, 0.717) is 17.7 Å². The summed E-state index contributed by atoms with van der Waals surface area (Å²) in [6.07, 6.45) is 3.19. The van der Waals surface area contributed by atoms with Crippen LogP contribution in [-0.2, 0) is 11.2 Å². The maximum atomic E-state index is 11.9. The molecule has 0 spiro atoms. The lowest BCUT2D eigenvalue weighted by Gasteiger charge is -2.09. The smallest absolute Gasteiger partial charge is 0.230 e. The summed E-state index contributed by atoms with van der Waals surface area (Å²) < 4.78 is 2.24. The van der Waals surface area contributed by atoms with Crippen molar-refractivity contribution in [2.45, 2.75) is 44.3 Å². The van der Waals surface area contributed by atoms with Gasteiger partial charge >= 0.3 is 0 Å². The zero-order valence-corrected chi connectivity index (χ0v) is 15.1. The first-order chi connectivity index (χ1) is 11.1. The summed E-state index contributed by atoms with van der Waals surface area (Å²) in [6, 6.07) is 4.70. The Balaban J connectivity index is 1.63. The zero-order chi connectivity index (χ0) is 16.2. The van der Waals surface area contributed by atoms with Crippen LogP contribution in [0, 0.1) is 5.92 Å². The highest BCUT2D eigenvalue weighted by Crippen LogP contribution is 2.39. The molecular formula is C16H22N4OS2. The number of amides is 1. The largest absolute Gasteiger partial charge is 0.355 e. The molecular weight excluding hydrogens is 328 g/mol. The van der Waals surface area contributed by atoms with Crippen molar-refractivity contribution in [3.63, 3.8) is 0 Å². The molecule has 0 unspecified atom stereocenters. The van der Waals surface area contributed by atoms with Crippen molar-refractivity contribution in [1.29, 1.82) is 0 Å². The Bertz CT molecular complexity index is 647. The van der Waals surface area contributed by atoms with Gasteiger partial charge in [0, 0.05) is 23.9 Å². The highest BCUT2D eigenvalue weighted by atomic mass is 32.2. The van der Waals surface area contributed by atoms with Gasteiger partial charge in [-0.1, -0.05) is 31.7 Å². The van der Waals surface area contributed by atoms with Crippen LogP contribution in [0.4, 0.5) is 0 Å². The number of rotatable bonds is 8. The molecule has 2 aromatic heterocycles. The second-order valence-corrected chi connectivity index (χ2v) is 8.22. The quantitative estimate of drug-likeness (QED) is 0.743. The number of nitrogens with zero attached hydrogens (tertiary/aromatic N) is 3. The van der Waals surface area contributed by atoms with Crippen molar-refractivity contribution in [1.82, 2.24) is 20.1 Å². The normalized spacial score (nSPS) is 14.4. The molecule has 0 atom stereocenters. The van der Waals surface area contributed by atoms with E-state index in [0.717, 1.165) is 23.9 Å². The molecule has 7 heteroatoms. The second kappa shape index (κ2) is 7.49. The molecule has 1 fully saturated rings. The zero-order valence-electron chi connectivity index (χ0n) is 13.5. The van der Waals surface area contributed by atoms with Gasteiger partial charge in [0.15, 0.2) is 5.16 Å². The van der Waals surface area contributed by atoms with Crippen molar-refractivity contribution in [2.75, 3.05) is 12.3 Å². The van der Waals surface area contributed by atoms with E-state index in [4.69, 9.17) is 0 Å². The molecule has 1 amide bonds. The number of aromatic nitrogens is 3. The van der Waals surface area contributed by atoms with Crippen LogP contribution in [-0.4, -0.2) is 33.0 Å². The Labute approximate surface area is 144 Å². The van der Waals surface area contributed by atoms with Crippen molar-refractivity contribution < 1.29 is 4.79 Å². The first kappa shape index (κ1) is 16.5. The van der Waals surface area contributed by atoms with Crippen LogP contribution >= 0.6 is 23.1 Å². The molecule has 0 bridgehead atoms. The van der Waals surface area contributed by atoms with Crippen LogP contribution in [0.2, 0.25) is 0 Å². The van der Waals surface area contributed by atoms with Gasteiger partial charge in [0.25, 0.3) is 0 Å². The van der Waals surface area contributed by atoms with Crippen LogP contribution in [0.5, 0.6) is 0 Å². The van der Waals surface area contributed by atoms with Crippen molar-refractivity contribution in [3.8, 4) is 0 Å². The maximum absolute atomic E-state index is 11.9. The van der Waals surface area contributed by atoms with Gasteiger partial charge in [0.2, 0.25) is 5.91 Å². The van der Waals surface area contributed by atoms with Gasteiger partial charge in [-0.15, -0.1) is 21.5 Å². The number of hydrogen-bond donors (Lipinski definition) is 1. The predicted molar refractivity (Wildman–Crippen MR) is 94.0 cm³/mol. The Morgan fingerprint density at radius 3 is 2.96 bits per heavy atom. The third-order valence-corrected chi connectivity index (χ3v) is 5.42. The van der Waals surface area contributed by atoms with Crippen LogP contribution in [0.1, 0.15) is 43.4 Å². The number of carbonyl (C=O) groups excluding carboxylic acids is 1. The average Bonchev–Trinajstić information content (AvgIpc) is 3.07. The summed E-state index contributed by atoms with van der Waals surface area (Å²) >= 11 is 3.23. The average molecular weight is 351 g/mol. The molecule has 0 saturated heterocycles. The van der Waals surface area contributed by atoms with E-state index in [2.05, 4.69) is 51.4 Å². The molecule has 2 aromatic rings. The Hall–Kier alpha value is -1.34. The van der Waals surface area contributed by atoms with E-state index in [9.17, 15) is 4.79 Å². The van der Waals surface area contributed by atoms with Gasteiger partial charge in [-0.25, -0.2) is 0 Å². The summed E-state index contributed by atoms with van der Waals surface area (Å²) in [4.78, 5) is 13.2. The minimum Gasteiger partial charge on any atom is -0.355 e. The van der Waals surface area contributed by atoms with E-state index < -0.39 is 0 Å². The van der Waals surface area contributed by atoms with Crippen molar-refractivity contribution >= 4 is 29.0 Å². The lowest BCUT2D eigenvalue weighted by molar-refractivity contribution is -0.118. The van der Waals surface area contributed by atoms with Crippen molar-refractivity contribution in [3.05, 3.63) is 28.2 Å². The van der Waals surface area contributed by atoms with Gasteiger partial charge in [-0.2, -0.15) is 0 Å². The predicted octanol–water partition coefficient (Wildman–Crippen LogP) is 3.13. The van der Waals surface area contributed by atoms with E-state index in [1.807, 2.05) is 0 Å². The maximum Gasteiger partial charge on any atom is 0.230 e. The van der Waals surface area contributed by atoms with Gasteiger partial charge in [0.1, 0.15) is 5.82 Å². The minimum absolute atomic E-state index is 0.0638. The molecule has 1 aliphatic carbocycles. The topological polar surface area (TPSA) is 59.8 Å². The minimum atomic E-state index is 0.0638. The van der Waals surface area contributed by atoms with E-state index in [-0.39, 0.29) is 5.91 Å². The molecule has 2 heterocycles. The van der Waals surface area contributed by atoms with Gasteiger partial charge in [-0.05, 0) is 30.2 Å². The number of nitrogens with one attached hydrogen (secondary N) is 1. The molecule has 0 aliphatic heterocycles. The van der Waals surface area contributed by atoms with Gasteiger partial charge in [-0.3, -0.25) is 4.79 Å². The fourth-order valence-electron chi connectivity index (χ4n) is 2.29. The highest BCUT2D eigenvalue weighted by molar-refractivity contribution is 7.99. The third-order valence-electron chi connectivity index (χ3n) is 3.60. The highest BCUT2D eigenvalue weighted by Gasteiger charge is 2.29. The molecule has 0 radical (unpaired) electrons. The number of thiophene rings is 1. The van der Waals surface area contributed by atoms with Crippen LogP contribution in [0.3, 0.4) is 0 Å². The van der Waals surface area contributed by atoms with E-state index in [1.54, 1.807) is 11.3 Å². The molecule has 1 saturated carbocycles. The first-order valence-corrected chi connectivity index (χ1v) is 9.85. The lowest BCUT2D eigenvalue weighted by atomic mass is 10.2. The Morgan fingerprint density at radius 1 is 1.48 bits per heavy atom. The molecule has 0 aromatic carbocycles. The molecule has 1 aliphatic rings. The monoisotopic (exact) mass is 350 g/mol. The summed E-state index contributed by atoms with van der Waals surface area (Å²) in [5.41, 5.74) is 0. The molecule has 1 N–H and O–H groups in total. The van der Waals surface area contributed by atoms with Crippen LogP contribution < -0.4 is 5.32 Å².